The average molecular weight is 257 g/mol. The third kappa shape index (κ3) is 2.64. The summed E-state index contributed by atoms with van der Waals surface area (Å²) >= 11 is 0. The van der Waals surface area contributed by atoms with Crippen molar-refractivity contribution < 1.29 is 24.5 Å². The fourth-order valence-electron chi connectivity index (χ4n) is 2.24. The van der Waals surface area contributed by atoms with Crippen molar-refractivity contribution in [3.05, 3.63) is 12.7 Å². The van der Waals surface area contributed by atoms with Gasteiger partial charge in [-0.1, -0.05) is 6.08 Å². The van der Waals surface area contributed by atoms with Crippen LogP contribution in [0.3, 0.4) is 0 Å². The van der Waals surface area contributed by atoms with Crippen molar-refractivity contribution in [2.45, 2.75) is 25.9 Å². The molecule has 0 bridgehead atoms. The minimum Gasteiger partial charge on any atom is -0.465 e. The van der Waals surface area contributed by atoms with Gasteiger partial charge in [-0.2, -0.15) is 0 Å². The Morgan fingerprint density at radius 2 is 2.28 bits per heavy atom. The molecule has 6 nitrogen and oxygen atoms in total. The predicted octanol–water partition coefficient (Wildman–Crippen LogP) is 0.857. The first-order chi connectivity index (χ1) is 8.47. The highest BCUT2D eigenvalue weighted by Gasteiger charge is 2.49. The van der Waals surface area contributed by atoms with Crippen molar-refractivity contribution in [1.29, 1.82) is 0 Å². The first-order valence-electron chi connectivity index (χ1n) is 5.92. The molecule has 0 radical (unpaired) electrons. The molecule has 2 N–H and O–H groups in total. The SMILES string of the molecule is C=CCC1(C(=O)OCC)CCN(C(=O)O)CC1O. The molecule has 1 rings (SSSR count). The molecule has 0 spiro atoms. The van der Waals surface area contributed by atoms with Crippen LogP contribution in [0.2, 0.25) is 0 Å². The largest absolute Gasteiger partial charge is 0.465 e. The van der Waals surface area contributed by atoms with E-state index < -0.39 is 23.6 Å². The molecular weight excluding hydrogens is 238 g/mol. The van der Waals surface area contributed by atoms with Gasteiger partial charge in [-0.05, 0) is 19.8 Å². The Bertz CT molecular complexity index is 343. The lowest BCUT2D eigenvalue weighted by molar-refractivity contribution is -0.168. The number of likely N-dealkylation sites (tertiary alicyclic amines) is 1. The summed E-state index contributed by atoms with van der Waals surface area (Å²) in [5.41, 5.74) is -1.07. The van der Waals surface area contributed by atoms with E-state index in [1.807, 2.05) is 0 Å². The summed E-state index contributed by atoms with van der Waals surface area (Å²) < 4.78 is 4.99. The third-order valence-electron chi connectivity index (χ3n) is 3.32. The number of rotatable bonds is 4. The number of nitrogens with zero attached hydrogens (tertiary/aromatic N) is 1. The molecule has 0 aromatic carbocycles. The van der Waals surface area contributed by atoms with E-state index in [1.54, 1.807) is 13.0 Å². The number of amides is 1. The van der Waals surface area contributed by atoms with Crippen molar-refractivity contribution in [2.75, 3.05) is 19.7 Å². The molecule has 102 valence electrons. The fraction of sp³-hybridized carbons (Fsp3) is 0.667. The van der Waals surface area contributed by atoms with Crippen molar-refractivity contribution in [3.63, 3.8) is 0 Å². The van der Waals surface area contributed by atoms with Gasteiger partial charge in [-0.3, -0.25) is 4.79 Å². The molecule has 1 amide bonds. The average Bonchev–Trinajstić information content (AvgIpc) is 2.32. The summed E-state index contributed by atoms with van der Waals surface area (Å²) in [5, 5.41) is 19.0. The fourth-order valence-corrected chi connectivity index (χ4v) is 2.24. The molecule has 0 aliphatic carbocycles. The second kappa shape index (κ2) is 5.86. The number of carbonyl (C=O) groups is 2. The quantitative estimate of drug-likeness (QED) is 0.576. The summed E-state index contributed by atoms with van der Waals surface area (Å²) in [6.45, 7) is 5.63. The second-order valence-electron chi connectivity index (χ2n) is 4.36. The van der Waals surface area contributed by atoms with E-state index in [1.165, 1.54) is 0 Å². The number of esters is 1. The van der Waals surface area contributed by atoms with E-state index >= 15 is 0 Å². The van der Waals surface area contributed by atoms with Crippen LogP contribution >= 0.6 is 0 Å². The molecule has 1 aliphatic heterocycles. The van der Waals surface area contributed by atoms with E-state index in [0.29, 0.717) is 0 Å². The van der Waals surface area contributed by atoms with Crippen LogP contribution in [-0.4, -0.2) is 53.0 Å². The van der Waals surface area contributed by atoms with Gasteiger partial charge in [0.25, 0.3) is 0 Å². The van der Waals surface area contributed by atoms with E-state index in [0.717, 1.165) is 4.90 Å². The Hall–Kier alpha value is -1.56. The molecule has 2 unspecified atom stereocenters. The second-order valence-corrected chi connectivity index (χ2v) is 4.36. The maximum absolute atomic E-state index is 12.0. The van der Waals surface area contributed by atoms with Crippen LogP contribution in [0.15, 0.2) is 12.7 Å². The van der Waals surface area contributed by atoms with Crippen molar-refractivity contribution in [3.8, 4) is 0 Å². The highest BCUT2D eigenvalue weighted by atomic mass is 16.5. The number of carbonyl (C=O) groups excluding carboxylic acids is 1. The van der Waals surface area contributed by atoms with Crippen LogP contribution in [0.5, 0.6) is 0 Å². The number of allylic oxidation sites excluding steroid dienone is 1. The molecule has 2 atom stereocenters. The van der Waals surface area contributed by atoms with Crippen LogP contribution in [0.25, 0.3) is 0 Å². The van der Waals surface area contributed by atoms with Gasteiger partial charge in [0.05, 0.1) is 19.3 Å². The van der Waals surface area contributed by atoms with Gasteiger partial charge < -0.3 is 19.8 Å². The smallest absolute Gasteiger partial charge is 0.407 e. The highest BCUT2D eigenvalue weighted by Crippen LogP contribution is 2.37. The van der Waals surface area contributed by atoms with Gasteiger partial charge in [-0.15, -0.1) is 6.58 Å². The van der Waals surface area contributed by atoms with Gasteiger partial charge in [-0.25, -0.2) is 4.79 Å². The number of ether oxygens (including phenoxy) is 1. The maximum Gasteiger partial charge on any atom is 0.407 e. The summed E-state index contributed by atoms with van der Waals surface area (Å²) in [7, 11) is 0. The molecule has 18 heavy (non-hydrogen) atoms. The monoisotopic (exact) mass is 257 g/mol. The lowest BCUT2D eigenvalue weighted by Crippen LogP contribution is -2.56. The zero-order valence-electron chi connectivity index (χ0n) is 10.5. The maximum atomic E-state index is 12.0. The Morgan fingerprint density at radius 1 is 1.61 bits per heavy atom. The molecule has 1 saturated heterocycles. The first-order valence-corrected chi connectivity index (χ1v) is 5.92. The van der Waals surface area contributed by atoms with Gasteiger partial charge in [0.15, 0.2) is 0 Å². The number of piperidine rings is 1. The minimum absolute atomic E-state index is 0.0814. The van der Waals surface area contributed by atoms with Gasteiger partial charge in [0.1, 0.15) is 5.41 Å². The van der Waals surface area contributed by atoms with Gasteiger partial charge >= 0.3 is 12.1 Å². The summed E-state index contributed by atoms with van der Waals surface area (Å²) in [6, 6.07) is 0. The molecular formula is C12H19NO5. The zero-order chi connectivity index (χ0) is 13.8. The van der Waals surface area contributed by atoms with E-state index in [-0.39, 0.29) is 32.5 Å². The highest BCUT2D eigenvalue weighted by molar-refractivity contribution is 5.78. The van der Waals surface area contributed by atoms with Crippen LogP contribution in [0.1, 0.15) is 19.8 Å². The first kappa shape index (κ1) is 14.5. The van der Waals surface area contributed by atoms with Crippen molar-refractivity contribution in [2.24, 2.45) is 5.41 Å². The molecule has 0 aromatic rings. The van der Waals surface area contributed by atoms with Gasteiger partial charge in [0, 0.05) is 6.54 Å². The summed E-state index contributed by atoms with van der Waals surface area (Å²) in [5.74, 6) is -0.484. The van der Waals surface area contributed by atoms with Crippen LogP contribution in [0.4, 0.5) is 4.79 Å². The number of carboxylic acid groups (broad SMARTS) is 1. The number of hydrogen-bond acceptors (Lipinski definition) is 4. The third-order valence-corrected chi connectivity index (χ3v) is 3.32. The normalized spacial score (nSPS) is 27.7. The van der Waals surface area contributed by atoms with Gasteiger partial charge in [0.2, 0.25) is 0 Å². The van der Waals surface area contributed by atoms with Crippen molar-refractivity contribution in [1.82, 2.24) is 4.90 Å². The number of β-amino-alcohol motifs (C(OH)–C–C–N with tert-alkyl or cyclic N) is 1. The minimum atomic E-state index is -1.09. The van der Waals surface area contributed by atoms with Crippen LogP contribution in [0, 0.1) is 5.41 Å². The Morgan fingerprint density at radius 3 is 2.72 bits per heavy atom. The zero-order valence-corrected chi connectivity index (χ0v) is 10.5. The molecule has 1 fully saturated rings. The number of hydrogen-bond donors (Lipinski definition) is 2. The lowest BCUT2D eigenvalue weighted by Gasteiger charge is -2.42. The molecule has 1 heterocycles. The van der Waals surface area contributed by atoms with Crippen molar-refractivity contribution >= 4 is 12.1 Å². The summed E-state index contributed by atoms with van der Waals surface area (Å²) in [6.07, 6.45) is -0.0907. The molecule has 6 heteroatoms. The Balaban J connectivity index is 2.89. The Labute approximate surface area is 106 Å². The molecule has 0 aromatic heterocycles. The predicted molar refractivity (Wildman–Crippen MR) is 64.1 cm³/mol. The lowest BCUT2D eigenvalue weighted by atomic mass is 9.73. The van der Waals surface area contributed by atoms with Crippen LogP contribution < -0.4 is 0 Å². The topological polar surface area (TPSA) is 87.1 Å². The number of aliphatic hydroxyl groups excluding tert-OH is 1. The molecule has 1 aliphatic rings. The van der Waals surface area contributed by atoms with E-state index in [2.05, 4.69) is 6.58 Å². The molecule has 0 saturated carbocycles. The van der Waals surface area contributed by atoms with E-state index in [9.17, 15) is 14.7 Å². The summed E-state index contributed by atoms with van der Waals surface area (Å²) in [4.78, 5) is 23.9. The Kier molecular flexibility index (Phi) is 4.72. The van der Waals surface area contributed by atoms with E-state index in [4.69, 9.17) is 9.84 Å². The standard InChI is InChI=1S/C12H19NO5/c1-3-5-12(10(15)18-4-2)6-7-13(11(16)17)8-9(12)14/h3,9,14H,1,4-8H2,2H3,(H,16,17). The van der Waals surface area contributed by atoms with Crippen LogP contribution in [-0.2, 0) is 9.53 Å². The number of aliphatic hydroxyl groups is 1.